The zero-order valence-corrected chi connectivity index (χ0v) is 12.5. The Hall–Kier alpha value is -1.09. The highest BCUT2D eigenvalue weighted by Crippen LogP contribution is 2.22. The Morgan fingerprint density at radius 1 is 1.28 bits per heavy atom. The van der Waals surface area contributed by atoms with Gasteiger partial charge in [0.15, 0.2) is 0 Å². The van der Waals surface area contributed by atoms with Crippen molar-refractivity contribution in [2.75, 3.05) is 25.0 Å². The molecule has 0 aliphatic carbocycles. The van der Waals surface area contributed by atoms with Crippen molar-refractivity contribution in [3.63, 3.8) is 0 Å². The van der Waals surface area contributed by atoms with Gasteiger partial charge in [0.1, 0.15) is 5.82 Å². The molecule has 0 radical (unpaired) electrons. The van der Waals surface area contributed by atoms with Gasteiger partial charge in [-0.15, -0.1) is 0 Å². The lowest BCUT2D eigenvalue weighted by molar-refractivity contribution is 0.710. The number of unbranched alkanes of at least 4 members (excludes halogenated alkanes) is 1. The summed E-state index contributed by atoms with van der Waals surface area (Å²) < 4.78 is 0. The second kappa shape index (κ2) is 7.37. The first-order valence-electron chi connectivity index (χ1n) is 7.00. The van der Waals surface area contributed by atoms with E-state index in [1.807, 2.05) is 7.05 Å². The van der Waals surface area contributed by atoms with Crippen molar-refractivity contribution in [3.8, 4) is 0 Å². The van der Waals surface area contributed by atoms with Crippen LogP contribution in [0.1, 0.15) is 43.5 Å². The van der Waals surface area contributed by atoms with E-state index in [1.165, 1.54) is 24.0 Å². The number of aryl methyl sites for hydroxylation is 2. The molecule has 1 rings (SSSR count). The summed E-state index contributed by atoms with van der Waals surface area (Å²) in [6.45, 7) is 11.7. The van der Waals surface area contributed by atoms with Crippen molar-refractivity contribution in [1.82, 2.24) is 10.3 Å². The fourth-order valence-corrected chi connectivity index (χ4v) is 2.26. The number of nitrogens with one attached hydrogen (secondary N) is 1. The van der Waals surface area contributed by atoms with Gasteiger partial charge in [-0.1, -0.05) is 13.3 Å². The normalized spacial score (nSPS) is 10.7. The Morgan fingerprint density at radius 3 is 2.56 bits per heavy atom. The highest BCUT2D eigenvalue weighted by molar-refractivity contribution is 5.51. The van der Waals surface area contributed by atoms with Crippen molar-refractivity contribution in [3.05, 3.63) is 22.9 Å². The molecule has 0 unspecified atom stereocenters. The standard InChI is InChI=1S/C15H27N3/c1-6-8-9-18(7-2)15-14(11-16-5)12(3)10-13(4)17-15/h10,16H,6-9,11H2,1-5H3. The Kier molecular flexibility index (Phi) is 6.13. The van der Waals surface area contributed by atoms with E-state index in [1.54, 1.807) is 0 Å². The molecule has 0 aromatic carbocycles. The minimum absolute atomic E-state index is 0.886. The van der Waals surface area contributed by atoms with E-state index in [9.17, 15) is 0 Å². The molecule has 0 saturated heterocycles. The fraction of sp³-hybridized carbons (Fsp3) is 0.667. The first-order valence-corrected chi connectivity index (χ1v) is 7.00. The molecular weight excluding hydrogens is 222 g/mol. The third-order valence-electron chi connectivity index (χ3n) is 3.27. The minimum atomic E-state index is 0.886. The minimum Gasteiger partial charge on any atom is -0.357 e. The van der Waals surface area contributed by atoms with Crippen molar-refractivity contribution >= 4 is 5.82 Å². The molecule has 1 aromatic rings. The van der Waals surface area contributed by atoms with E-state index in [0.29, 0.717) is 0 Å². The van der Waals surface area contributed by atoms with E-state index in [0.717, 1.165) is 31.1 Å². The second-order valence-electron chi connectivity index (χ2n) is 4.85. The molecule has 0 fully saturated rings. The average Bonchev–Trinajstić information content (AvgIpc) is 2.34. The van der Waals surface area contributed by atoms with E-state index in [-0.39, 0.29) is 0 Å². The van der Waals surface area contributed by atoms with Gasteiger partial charge in [-0.2, -0.15) is 0 Å². The lowest BCUT2D eigenvalue weighted by atomic mass is 10.1. The molecule has 0 bridgehead atoms. The van der Waals surface area contributed by atoms with Gasteiger partial charge >= 0.3 is 0 Å². The van der Waals surface area contributed by atoms with E-state index in [2.05, 4.69) is 44.0 Å². The first-order chi connectivity index (χ1) is 8.63. The number of nitrogens with zero attached hydrogens (tertiary/aromatic N) is 2. The van der Waals surface area contributed by atoms with Crippen LogP contribution in [0.15, 0.2) is 6.07 Å². The van der Waals surface area contributed by atoms with Crippen LogP contribution in [0.4, 0.5) is 5.82 Å². The molecule has 0 amide bonds. The Bertz CT molecular complexity index is 374. The highest BCUT2D eigenvalue weighted by Gasteiger charge is 2.13. The topological polar surface area (TPSA) is 28.2 Å². The third-order valence-corrected chi connectivity index (χ3v) is 3.27. The fourth-order valence-electron chi connectivity index (χ4n) is 2.26. The monoisotopic (exact) mass is 249 g/mol. The Balaban J connectivity index is 3.09. The molecule has 1 aromatic heterocycles. The quantitative estimate of drug-likeness (QED) is 0.805. The summed E-state index contributed by atoms with van der Waals surface area (Å²) in [6, 6.07) is 2.17. The molecule has 0 saturated carbocycles. The lowest BCUT2D eigenvalue weighted by Gasteiger charge is -2.26. The largest absolute Gasteiger partial charge is 0.357 e. The zero-order valence-electron chi connectivity index (χ0n) is 12.5. The predicted molar refractivity (Wildman–Crippen MR) is 79.3 cm³/mol. The molecule has 0 atom stereocenters. The van der Waals surface area contributed by atoms with E-state index in [4.69, 9.17) is 4.98 Å². The van der Waals surface area contributed by atoms with Crippen LogP contribution in [0.2, 0.25) is 0 Å². The van der Waals surface area contributed by atoms with Gasteiger partial charge in [0.2, 0.25) is 0 Å². The van der Waals surface area contributed by atoms with E-state index < -0.39 is 0 Å². The van der Waals surface area contributed by atoms with Crippen LogP contribution in [0.3, 0.4) is 0 Å². The maximum Gasteiger partial charge on any atom is 0.133 e. The average molecular weight is 249 g/mol. The Morgan fingerprint density at radius 2 is 2.00 bits per heavy atom. The summed E-state index contributed by atoms with van der Waals surface area (Å²) in [6.07, 6.45) is 2.45. The van der Waals surface area contributed by atoms with Crippen LogP contribution < -0.4 is 10.2 Å². The molecule has 3 nitrogen and oxygen atoms in total. The summed E-state index contributed by atoms with van der Waals surface area (Å²) in [4.78, 5) is 7.16. The molecule has 102 valence electrons. The van der Waals surface area contributed by atoms with Crippen molar-refractivity contribution in [2.24, 2.45) is 0 Å². The number of anilines is 1. The van der Waals surface area contributed by atoms with Crippen molar-refractivity contribution in [2.45, 2.75) is 47.1 Å². The summed E-state index contributed by atoms with van der Waals surface area (Å²) in [5.41, 5.74) is 3.78. The SMILES string of the molecule is CCCCN(CC)c1nc(C)cc(C)c1CNC. The second-order valence-corrected chi connectivity index (χ2v) is 4.85. The number of rotatable bonds is 7. The lowest BCUT2D eigenvalue weighted by Crippen LogP contribution is -2.27. The molecule has 1 heterocycles. The summed E-state index contributed by atoms with van der Waals surface area (Å²) in [5, 5.41) is 3.25. The van der Waals surface area contributed by atoms with Crippen molar-refractivity contribution in [1.29, 1.82) is 0 Å². The molecule has 0 aliphatic rings. The van der Waals surface area contributed by atoms with Gasteiger partial charge in [-0.05, 0) is 45.9 Å². The van der Waals surface area contributed by atoms with Crippen LogP contribution in [0.25, 0.3) is 0 Å². The van der Waals surface area contributed by atoms with Crippen LogP contribution in [-0.4, -0.2) is 25.1 Å². The highest BCUT2D eigenvalue weighted by atomic mass is 15.2. The van der Waals surface area contributed by atoms with Crippen LogP contribution in [-0.2, 0) is 6.54 Å². The van der Waals surface area contributed by atoms with Gasteiger partial charge in [0.05, 0.1) is 0 Å². The molecular formula is C15H27N3. The van der Waals surface area contributed by atoms with Crippen molar-refractivity contribution < 1.29 is 0 Å². The maximum absolute atomic E-state index is 4.76. The van der Waals surface area contributed by atoms with Gasteiger partial charge in [-0.25, -0.2) is 4.98 Å². The zero-order chi connectivity index (χ0) is 13.5. The van der Waals surface area contributed by atoms with Gasteiger partial charge in [0, 0.05) is 30.9 Å². The van der Waals surface area contributed by atoms with Crippen LogP contribution in [0, 0.1) is 13.8 Å². The van der Waals surface area contributed by atoms with Crippen LogP contribution >= 0.6 is 0 Å². The van der Waals surface area contributed by atoms with Gasteiger partial charge < -0.3 is 10.2 Å². The summed E-state index contributed by atoms with van der Waals surface area (Å²) in [5.74, 6) is 1.16. The summed E-state index contributed by atoms with van der Waals surface area (Å²) >= 11 is 0. The number of hydrogen-bond acceptors (Lipinski definition) is 3. The van der Waals surface area contributed by atoms with Gasteiger partial charge in [-0.3, -0.25) is 0 Å². The molecule has 18 heavy (non-hydrogen) atoms. The van der Waals surface area contributed by atoms with Crippen LogP contribution in [0.5, 0.6) is 0 Å². The van der Waals surface area contributed by atoms with Gasteiger partial charge in [0.25, 0.3) is 0 Å². The number of hydrogen-bond donors (Lipinski definition) is 1. The maximum atomic E-state index is 4.76. The predicted octanol–water partition coefficient (Wildman–Crippen LogP) is 3.04. The number of aromatic nitrogens is 1. The molecule has 0 aliphatic heterocycles. The summed E-state index contributed by atoms with van der Waals surface area (Å²) in [7, 11) is 1.99. The Labute approximate surface area is 112 Å². The number of pyridine rings is 1. The molecule has 3 heteroatoms. The first kappa shape index (κ1) is 15.0. The van der Waals surface area contributed by atoms with E-state index >= 15 is 0 Å². The molecule has 0 spiro atoms. The smallest absolute Gasteiger partial charge is 0.133 e. The third kappa shape index (κ3) is 3.70. The molecule has 1 N–H and O–H groups in total.